The summed E-state index contributed by atoms with van der Waals surface area (Å²) in [5.41, 5.74) is -0.813. The summed E-state index contributed by atoms with van der Waals surface area (Å²) in [7, 11) is 0. The first kappa shape index (κ1) is 10.4. The Balaban J connectivity index is 1.95. The monoisotopic (exact) mass is 200 g/mol. The molecule has 1 saturated carbocycles. The zero-order valence-electron chi connectivity index (χ0n) is 8.94. The molecule has 14 heavy (non-hydrogen) atoms. The van der Waals surface area contributed by atoms with Gasteiger partial charge in [0.15, 0.2) is 0 Å². The molecule has 0 amide bonds. The number of ether oxygens (including phenoxy) is 1. The van der Waals surface area contributed by atoms with Gasteiger partial charge in [0, 0.05) is 12.3 Å². The highest BCUT2D eigenvalue weighted by Crippen LogP contribution is 2.47. The highest BCUT2D eigenvalue weighted by Gasteiger charge is 2.60. The van der Waals surface area contributed by atoms with E-state index in [0.29, 0.717) is 6.42 Å². The third kappa shape index (κ3) is 1.69. The Morgan fingerprint density at radius 1 is 1.50 bits per heavy atom. The Labute approximate surface area is 85.1 Å². The van der Waals surface area contributed by atoms with Gasteiger partial charge in [-0.2, -0.15) is 0 Å². The van der Waals surface area contributed by atoms with Crippen LogP contribution < -0.4 is 0 Å². The van der Waals surface area contributed by atoms with Crippen LogP contribution in [0.1, 0.15) is 39.5 Å². The minimum atomic E-state index is -0.813. The van der Waals surface area contributed by atoms with Gasteiger partial charge in [0.1, 0.15) is 6.10 Å². The van der Waals surface area contributed by atoms with Gasteiger partial charge in [0.05, 0.1) is 17.8 Å². The molecule has 2 aliphatic rings. The van der Waals surface area contributed by atoms with Crippen LogP contribution in [0.15, 0.2) is 0 Å². The van der Waals surface area contributed by atoms with E-state index in [1.807, 2.05) is 0 Å². The maximum Gasteiger partial charge on any atom is 0.113 e. The summed E-state index contributed by atoms with van der Waals surface area (Å²) in [6.45, 7) is 3.91. The summed E-state index contributed by atoms with van der Waals surface area (Å²) in [6.07, 6.45) is 3.47. The van der Waals surface area contributed by atoms with Crippen LogP contribution in [0, 0.1) is 5.92 Å². The van der Waals surface area contributed by atoms with Crippen LogP contribution in [0.3, 0.4) is 0 Å². The zero-order chi connectivity index (χ0) is 10.3. The molecule has 82 valence electrons. The summed E-state index contributed by atoms with van der Waals surface area (Å²) in [6, 6.07) is 0. The summed E-state index contributed by atoms with van der Waals surface area (Å²) in [4.78, 5) is 0. The number of fused-ring (bicyclic) bond motifs is 1. The molecule has 0 spiro atoms. The van der Waals surface area contributed by atoms with Crippen molar-refractivity contribution in [2.75, 3.05) is 0 Å². The third-order valence-electron chi connectivity index (χ3n) is 3.57. The number of rotatable bonds is 3. The average molecular weight is 200 g/mol. The molecule has 2 rings (SSSR count). The van der Waals surface area contributed by atoms with Crippen LogP contribution >= 0.6 is 0 Å². The molecular formula is C11H20O3. The van der Waals surface area contributed by atoms with Gasteiger partial charge in [-0.15, -0.1) is 0 Å². The van der Waals surface area contributed by atoms with Crippen molar-refractivity contribution < 1.29 is 14.9 Å². The average Bonchev–Trinajstić information content (AvgIpc) is 2.83. The molecule has 0 bridgehead atoms. The lowest BCUT2D eigenvalue weighted by molar-refractivity contribution is -0.0443. The minimum absolute atomic E-state index is 0.0206. The molecule has 2 fully saturated rings. The summed E-state index contributed by atoms with van der Waals surface area (Å²) >= 11 is 0. The second kappa shape index (κ2) is 3.47. The number of hydrogen-bond donors (Lipinski definition) is 2. The minimum Gasteiger partial charge on any atom is -0.393 e. The fourth-order valence-electron chi connectivity index (χ4n) is 2.66. The fourth-order valence-corrected chi connectivity index (χ4v) is 2.66. The molecule has 0 radical (unpaired) electrons. The van der Waals surface area contributed by atoms with E-state index in [1.165, 1.54) is 0 Å². The highest BCUT2D eigenvalue weighted by molar-refractivity contribution is 5.09. The lowest BCUT2D eigenvalue weighted by Crippen LogP contribution is -2.46. The third-order valence-corrected chi connectivity index (χ3v) is 3.57. The maximum atomic E-state index is 9.91. The van der Waals surface area contributed by atoms with Crippen LogP contribution in [0.4, 0.5) is 0 Å². The quantitative estimate of drug-likeness (QED) is 0.670. The summed E-state index contributed by atoms with van der Waals surface area (Å²) in [5.74, 6) is 0.250. The van der Waals surface area contributed by atoms with Crippen molar-refractivity contribution in [1.82, 2.24) is 0 Å². The lowest BCUT2D eigenvalue weighted by atomic mass is 9.76. The molecule has 1 aliphatic heterocycles. The smallest absolute Gasteiger partial charge is 0.113 e. The summed E-state index contributed by atoms with van der Waals surface area (Å²) in [5, 5.41) is 19.8. The van der Waals surface area contributed by atoms with Crippen molar-refractivity contribution in [3.63, 3.8) is 0 Å². The van der Waals surface area contributed by atoms with Gasteiger partial charge >= 0.3 is 0 Å². The van der Waals surface area contributed by atoms with Crippen LogP contribution in [-0.4, -0.2) is 34.1 Å². The highest BCUT2D eigenvalue weighted by atomic mass is 16.6. The molecule has 0 aromatic rings. The van der Waals surface area contributed by atoms with Gasteiger partial charge in [0.25, 0.3) is 0 Å². The van der Waals surface area contributed by atoms with E-state index in [0.717, 1.165) is 19.3 Å². The molecule has 0 unspecified atom stereocenters. The molecule has 3 nitrogen and oxygen atoms in total. The Morgan fingerprint density at radius 3 is 2.86 bits per heavy atom. The van der Waals surface area contributed by atoms with E-state index in [9.17, 15) is 10.2 Å². The second-order valence-electron chi connectivity index (χ2n) is 4.96. The normalized spacial score (nSPS) is 51.4. The van der Waals surface area contributed by atoms with Crippen molar-refractivity contribution in [1.29, 1.82) is 0 Å². The van der Waals surface area contributed by atoms with E-state index in [1.54, 1.807) is 6.92 Å². The largest absolute Gasteiger partial charge is 0.393 e. The molecule has 3 heteroatoms. The Bertz CT molecular complexity index is 213. The number of unbranched alkanes of at least 4 members (excludes halogenated alkanes) is 1. The zero-order valence-corrected chi connectivity index (χ0v) is 8.94. The fraction of sp³-hybridized carbons (Fsp3) is 1.00. The van der Waals surface area contributed by atoms with Gasteiger partial charge in [0.2, 0.25) is 0 Å². The molecular weight excluding hydrogens is 180 g/mol. The lowest BCUT2D eigenvalue weighted by Gasteiger charge is -2.33. The molecule has 0 aromatic heterocycles. The molecule has 1 heterocycles. The topological polar surface area (TPSA) is 53.0 Å². The van der Waals surface area contributed by atoms with Gasteiger partial charge in [-0.3, -0.25) is 0 Å². The Kier molecular flexibility index (Phi) is 2.58. The van der Waals surface area contributed by atoms with E-state index < -0.39 is 5.60 Å². The van der Waals surface area contributed by atoms with Crippen molar-refractivity contribution in [2.24, 2.45) is 5.92 Å². The number of aliphatic hydroxyl groups excluding tert-OH is 1. The van der Waals surface area contributed by atoms with Crippen LogP contribution in [0.2, 0.25) is 0 Å². The van der Waals surface area contributed by atoms with E-state index in [-0.39, 0.29) is 24.2 Å². The molecule has 0 aromatic carbocycles. The number of hydrogen-bond acceptors (Lipinski definition) is 3. The van der Waals surface area contributed by atoms with E-state index in [2.05, 4.69) is 6.92 Å². The predicted molar refractivity (Wildman–Crippen MR) is 52.9 cm³/mol. The molecule has 5 atom stereocenters. The molecule has 1 saturated heterocycles. The maximum absolute atomic E-state index is 9.91. The summed E-state index contributed by atoms with van der Waals surface area (Å²) < 4.78 is 5.46. The van der Waals surface area contributed by atoms with Crippen molar-refractivity contribution >= 4 is 0 Å². The van der Waals surface area contributed by atoms with Gasteiger partial charge < -0.3 is 14.9 Å². The number of aliphatic hydroxyl groups is 2. The van der Waals surface area contributed by atoms with E-state index in [4.69, 9.17) is 4.74 Å². The van der Waals surface area contributed by atoms with Gasteiger partial charge in [-0.1, -0.05) is 19.8 Å². The number of epoxide rings is 1. The Hall–Kier alpha value is -0.120. The standard InChI is InChI=1S/C11H20O3/c1-3-4-5-7-8(12)6-11(2,13)10-9(7)14-10/h7-10,12-13H,3-6H2,1-2H3/t7-,8-,9-,10-,11-/m0/s1. The van der Waals surface area contributed by atoms with Crippen LogP contribution in [0.5, 0.6) is 0 Å². The van der Waals surface area contributed by atoms with E-state index >= 15 is 0 Å². The van der Waals surface area contributed by atoms with Crippen LogP contribution in [0.25, 0.3) is 0 Å². The van der Waals surface area contributed by atoms with Crippen molar-refractivity contribution in [3.8, 4) is 0 Å². The Morgan fingerprint density at radius 2 is 2.21 bits per heavy atom. The first-order valence-electron chi connectivity index (χ1n) is 5.62. The molecule has 2 N–H and O–H groups in total. The predicted octanol–water partition coefficient (Wildman–Crippen LogP) is 1.08. The second-order valence-corrected chi connectivity index (χ2v) is 4.96. The SMILES string of the molecule is CCCC[C@@H]1[C@@H]2O[C@@H]2[C@@](C)(O)C[C@@H]1O. The first-order chi connectivity index (χ1) is 6.56. The first-order valence-corrected chi connectivity index (χ1v) is 5.62. The van der Waals surface area contributed by atoms with Crippen LogP contribution in [-0.2, 0) is 4.74 Å². The molecule has 1 aliphatic carbocycles. The van der Waals surface area contributed by atoms with Gasteiger partial charge in [-0.05, 0) is 13.3 Å². The van der Waals surface area contributed by atoms with Gasteiger partial charge in [-0.25, -0.2) is 0 Å². The van der Waals surface area contributed by atoms with Crippen molar-refractivity contribution in [3.05, 3.63) is 0 Å². The van der Waals surface area contributed by atoms with Crippen molar-refractivity contribution in [2.45, 2.75) is 63.4 Å².